The minimum Gasteiger partial charge on any atom is -0.478 e. The van der Waals surface area contributed by atoms with Gasteiger partial charge in [0.2, 0.25) is 0 Å². The molecule has 1 radical (unpaired) electrons. The number of carbonyl (C=O) groups is 1. The molecule has 0 saturated carbocycles. The maximum absolute atomic E-state index is 11.3. The van der Waals surface area contributed by atoms with Crippen LogP contribution >= 0.6 is 11.6 Å². The number of hydrogen-bond acceptors (Lipinski definition) is 4. The molecule has 0 aliphatic rings. The predicted octanol–water partition coefficient (Wildman–Crippen LogP) is 4.50. The van der Waals surface area contributed by atoms with Crippen LogP contribution in [-0.2, 0) is 0 Å². The van der Waals surface area contributed by atoms with Gasteiger partial charge in [-0.15, -0.1) is 0 Å². The van der Waals surface area contributed by atoms with Gasteiger partial charge in [0.1, 0.15) is 5.82 Å². The molecule has 2 aromatic heterocycles. The Labute approximate surface area is 176 Å². The Hall–Kier alpha value is -2.18. The van der Waals surface area contributed by atoms with E-state index in [0.717, 1.165) is 21.8 Å². The number of carboxylic acid groups (broad SMARTS) is 1. The summed E-state index contributed by atoms with van der Waals surface area (Å²) in [5, 5.41) is 15.7. The van der Waals surface area contributed by atoms with E-state index in [4.69, 9.17) is 11.6 Å². The van der Waals surface area contributed by atoms with Crippen LogP contribution in [0.3, 0.4) is 0 Å². The first-order valence-corrected chi connectivity index (χ1v) is 7.93. The maximum atomic E-state index is 11.3. The Morgan fingerprint density at radius 3 is 2.65 bits per heavy atom. The molecular formula is C19H12ClN3NaO2. The minimum absolute atomic E-state index is 0. The Balaban J connectivity index is 0.00000196. The van der Waals surface area contributed by atoms with Gasteiger partial charge in [-0.3, -0.25) is 4.98 Å². The number of halogens is 1. The number of carboxylic acids is 1. The first kappa shape index (κ1) is 18.6. The van der Waals surface area contributed by atoms with Crippen molar-refractivity contribution in [3.63, 3.8) is 0 Å². The molecule has 0 bridgehead atoms. The van der Waals surface area contributed by atoms with Gasteiger partial charge >= 0.3 is 5.97 Å². The molecule has 5 nitrogen and oxygen atoms in total. The summed E-state index contributed by atoms with van der Waals surface area (Å²) in [5.74, 6) is -0.367. The van der Waals surface area contributed by atoms with E-state index in [0.29, 0.717) is 16.4 Å². The molecule has 0 fully saturated rings. The Morgan fingerprint density at radius 2 is 1.88 bits per heavy atom. The fraction of sp³-hybridized carbons (Fsp3) is 0. The molecule has 0 atom stereocenters. The van der Waals surface area contributed by atoms with Crippen molar-refractivity contribution >= 4 is 80.3 Å². The third kappa shape index (κ3) is 3.52. The molecule has 0 unspecified atom stereocenters. The smallest absolute Gasteiger partial charge is 0.335 e. The van der Waals surface area contributed by atoms with Crippen molar-refractivity contribution in [3.05, 3.63) is 71.5 Å². The Kier molecular flexibility index (Phi) is 5.44. The Bertz CT molecular complexity index is 1130. The van der Waals surface area contributed by atoms with Gasteiger partial charge in [0.15, 0.2) is 0 Å². The van der Waals surface area contributed by atoms with Gasteiger partial charge in [-0.25, -0.2) is 9.78 Å². The zero-order valence-corrected chi connectivity index (χ0v) is 16.7. The summed E-state index contributed by atoms with van der Waals surface area (Å²) >= 11 is 6.04. The number of hydrogen-bond donors (Lipinski definition) is 2. The van der Waals surface area contributed by atoms with E-state index < -0.39 is 5.97 Å². The second-order valence-corrected chi connectivity index (χ2v) is 5.99. The summed E-state index contributed by atoms with van der Waals surface area (Å²) < 4.78 is 0. The SMILES string of the molecule is O=C(O)c1ccc2c(c1)nc(Nc1cccc(Cl)c1)c1ccncc12.[Na]. The molecule has 7 heteroatoms. The van der Waals surface area contributed by atoms with E-state index in [1.165, 1.54) is 0 Å². The van der Waals surface area contributed by atoms with E-state index in [-0.39, 0.29) is 35.1 Å². The van der Waals surface area contributed by atoms with Crippen molar-refractivity contribution in [1.29, 1.82) is 0 Å². The fourth-order valence-electron chi connectivity index (χ4n) is 2.78. The second kappa shape index (κ2) is 7.60. The molecule has 0 spiro atoms. The summed E-state index contributed by atoms with van der Waals surface area (Å²) in [7, 11) is 0. The molecular weight excluding hydrogens is 361 g/mol. The van der Waals surface area contributed by atoms with Crippen LogP contribution < -0.4 is 5.32 Å². The van der Waals surface area contributed by atoms with Crippen LogP contribution in [0.2, 0.25) is 5.02 Å². The van der Waals surface area contributed by atoms with Crippen LogP contribution in [-0.4, -0.2) is 50.6 Å². The quantitative estimate of drug-likeness (QED) is 0.409. The van der Waals surface area contributed by atoms with E-state index in [1.807, 2.05) is 18.2 Å². The predicted molar refractivity (Wildman–Crippen MR) is 104 cm³/mol. The Morgan fingerprint density at radius 1 is 1.04 bits per heavy atom. The molecule has 2 N–H and O–H groups in total. The molecule has 0 amide bonds. The molecule has 2 aromatic carbocycles. The van der Waals surface area contributed by atoms with Crippen molar-refractivity contribution in [3.8, 4) is 0 Å². The van der Waals surface area contributed by atoms with E-state index in [9.17, 15) is 9.90 Å². The van der Waals surface area contributed by atoms with Crippen molar-refractivity contribution in [1.82, 2.24) is 9.97 Å². The molecule has 0 saturated heterocycles. The zero-order valence-electron chi connectivity index (χ0n) is 13.9. The molecule has 26 heavy (non-hydrogen) atoms. The van der Waals surface area contributed by atoms with Crippen molar-refractivity contribution in [2.75, 3.05) is 5.32 Å². The number of rotatable bonds is 3. The van der Waals surface area contributed by atoms with Gasteiger partial charge in [0.05, 0.1) is 11.1 Å². The fourth-order valence-corrected chi connectivity index (χ4v) is 2.97. The third-order valence-electron chi connectivity index (χ3n) is 3.93. The third-order valence-corrected chi connectivity index (χ3v) is 4.17. The largest absolute Gasteiger partial charge is 0.478 e. The molecule has 0 aliphatic heterocycles. The number of aromatic nitrogens is 2. The van der Waals surface area contributed by atoms with Crippen LogP contribution in [0, 0.1) is 0 Å². The van der Waals surface area contributed by atoms with Crippen molar-refractivity contribution in [2.45, 2.75) is 0 Å². The van der Waals surface area contributed by atoms with E-state index in [1.54, 1.807) is 42.7 Å². The van der Waals surface area contributed by atoms with Gasteiger partial charge in [0, 0.05) is 68.8 Å². The molecule has 4 aromatic rings. The maximum Gasteiger partial charge on any atom is 0.335 e. The second-order valence-electron chi connectivity index (χ2n) is 5.55. The topological polar surface area (TPSA) is 75.1 Å². The molecule has 2 heterocycles. The summed E-state index contributed by atoms with van der Waals surface area (Å²) in [6.07, 6.45) is 3.45. The van der Waals surface area contributed by atoms with Crippen LogP contribution in [0.4, 0.5) is 11.5 Å². The summed E-state index contributed by atoms with van der Waals surface area (Å²) in [6, 6.07) is 14.1. The van der Waals surface area contributed by atoms with Crippen molar-refractivity contribution < 1.29 is 9.90 Å². The van der Waals surface area contributed by atoms with Crippen LogP contribution in [0.5, 0.6) is 0 Å². The van der Waals surface area contributed by atoms with E-state index in [2.05, 4.69) is 15.3 Å². The van der Waals surface area contributed by atoms with Gasteiger partial charge in [0.25, 0.3) is 0 Å². The number of aromatic carboxylic acids is 1. The number of anilines is 2. The van der Waals surface area contributed by atoms with Crippen molar-refractivity contribution in [2.24, 2.45) is 0 Å². The van der Waals surface area contributed by atoms with Gasteiger partial charge in [-0.2, -0.15) is 0 Å². The summed E-state index contributed by atoms with van der Waals surface area (Å²) in [4.78, 5) is 20.1. The summed E-state index contributed by atoms with van der Waals surface area (Å²) in [6.45, 7) is 0. The van der Waals surface area contributed by atoms with Gasteiger partial charge in [-0.05, 0) is 36.4 Å². The minimum atomic E-state index is -0.987. The van der Waals surface area contributed by atoms with Gasteiger partial charge in [-0.1, -0.05) is 23.7 Å². The number of nitrogens with zero attached hydrogens (tertiary/aromatic N) is 2. The zero-order chi connectivity index (χ0) is 17.4. The standard InChI is InChI=1S/C19H12ClN3O2.Na/c20-12-2-1-3-13(9-12)22-18-15-6-7-21-10-16(15)14-5-4-11(19(24)25)8-17(14)23-18;/h1-10H,(H,22,23)(H,24,25);. The molecule has 0 aliphatic carbocycles. The van der Waals surface area contributed by atoms with Gasteiger partial charge < -0.3 is 10.4 Å². The number of benzene rings is 2. The monoisotopic (exact) mass is 372 g/mol. The first-order chi connectivity index (χ1) is 12.1. The first-order valence-electron chi connectivity index (χ1n) is 7.55. The van der Waals surface area contributed by atoms with Crippen LogP contribution in [0.25, 0.3) is 21.7 Å². The van der Waals surface area contributed by atoms with E-state index >= 15 is 0 Å². The average molecular weight is 373 g/mol. The van der Waals surface area contributed by atoms with Crippen LogP contribution in [0.1, 0.15) is 10.4 Å². The number of fused-ring (bicyclic) bond motifs is 3. The summed E-state index contributed by atoms with van der Waals surface area (Å²) in [5.41, 5.74) is 1.58. The van der Waals surface area contributed by atoms with Crippen LogP contribution in [0.15, 0.2) is 60.9 Å². The number of nitrogens with one attached hydrogen (secondary N) is 1. The number of pyridine rings is 2. The molecule has 123 valence electrons. The molecule has 4 rings (SSSR count). The normalized spacial score (nSPS) is 10.5. The average Bonchev–Trinajstić information content (AvgIpc) is 2.61.